The molecule has 0 heterocycles. The average molecular weight is 971 g/mol. The Bertz CT molecular complexity index is 1870. The predicted molar refractivity (Wildman–Crippen MR) is 191 cm³/mol. The third kappa shape index (κ3) is 18.7. The van der Waals surface area contributed by atoms with Crippen molar-refractivity contribution < 1.29 is 118 Å². The Morgan fingerprint density at radius 3 is 0.621 bits per heavy atom. The van der Waals surface area contributed by atoms with Crippen LogP contribution in [0.1, 0.15) is 44.5 Å². The molecule has 6 aromatic carbocycles. The molecule has 0 nitrogen and oxygen atoms in total. The molecule has 0 unspecified atom stereocenters. The average Bonchev–Trinajstić information content (AvgIpc) is 3.18. The predicted octanol–water partition coefficient (Wildman–Crippen LogP) is 13.5. The first-order valence-corrected chi connectivity index (χ1v) is 16.2. The minimum Gasteiger partial charge on any atom is -0.281 e. The van der Waals surface area contributed by atoms with E-state index in [1.807, 2.05) is 48.5 Å². The Labute approximate surface area is 381 Å². The molecule has 306 valence electrons. The number of rotatable bonds is 0. The van der Waals surface area contributed by atoms with Gasteiger partial charge in [0.05, 0.1) is 0 Å². The van der Waals surface area contributed by atoms with Gasteiger partial charge in [0.2, 0.25) is 0 Å². The molecule has 0 aliphatic carbocycles. The molecule has 0 aliphatic heterocycles. The van der Waals surface area contributed by atoms with Crippen LogP contribution in [0.25, 0.3) is 0 Å². The van der Waals surface area contributed by atoms with Crippen LogP contribution in [0, 0.1) is 149 Å². The van der Waals surface area contributed by atoms with Gasteiger partial charge in [0.25, 0.3) is 0 Å². The van der Waals surface area contributed by atoms with Crippen molar-refractivity contribution in [1.82, 2.24) is 0 Å². The van der Waals surface area contributed by atoms with Crippen LogP contribution >= 0.6 is 0 Å². The molecule has 2 radical (unpaired) electrons. The molecule has 0 saturated heterocycles. The van der Waals surface area contributed by atoms with Crippen LogP contribution in [0.5, 0.6) is 0 Å². The van der Waals surface area contributed by atoms with Crippen LogP contribution in [0.3, 0.4) is 0 Å². The van der Waals surface area contributed by atoms with Gasteiger partial charge in [0, 0.05) is 123 Å². The summed E-state index contributed by atoms with van der Waals surface area (Å²) in [4.78, 5) is 0. The summed E-state index contributed by atoms with van der Waals surface area (Å²) in [5, 5.41) is 0. The molecular formula is C44H36F12Y2-4. The molecule has 0 bridgehead atoms. The summed E-state index contributed by atoms with van der Waals surface area (Å²) in [6.07, 6.45) is 0. The van der Waals surface area contributed by atoms with Gasteiger partial charge >= 0.3 is 0 Å². The van der Waals surface area contributed by atoms with E-state index in [4.69, 9.17) is 0 Å². The zero-order chi connectivity index (χ0) is 42.9. The van der Waals surface area contributed by atoms with Crippen molar-refractivity contribution in [1.29, 1.82) is 0 Å². The van der Waals surface area contributed by atoms with Crippen molar-refractivity contribution >= 4 is 0 Å². The van der Waals surface area contributed by atoms with Gasteiger partial charge in [0.1, 0.15) is 0 Å². The quantitative estimate of drug-likeness (QED) is 0.0808. The van der Waals surface area contributed by atoms with E-state index in [2.05, 4.69) is 64.1 Å². The molecule has 0 N–H and O–H groups in total. The first-order chi connectivity index (χ1) is 26.1. The summed E-state index contributed by atoms with van der Waals surface area (Å²) in [6.45, 7) is 12.2. The van der Waals surface area contributed by atoms with Crippen molar-refractivity contribution in [3.8, 4) is 0 Å². The van der Waals surface area contributed by atoms with Crippen LogP contribution in [-0.4, -0.2) is 0 Å². The molecule has 58 heavy (non-hydrogen) atoms. The minimum absolute atomic E-state index is 0. The maximum absolute atomic E-state index is 12.7. The topological polar surface area (TPSA) is 0 Å². The van der Waals surface area contributed by atoms with Crippen molar-refractivity contribution in [2.24, 2.45) is 0 Å². The molecule has 0 aliphatic rings. The van der Waals surface area contributed by atoms with E-state index in [9.17, 15) is 52.7 Å². The smallest absolute Gasteiger partial charge is 0.165 e. The van der Waals surface area contributed by atoms with E-state index in [1.165, 1.54) is 34.4 Å². The zero-order valence-corrected chi connectivity index (χ0v) is 38.3. The van der Waals surface area contributed by atoms with Crippen molar-refractivity contribution in [3.63, 3.8) is 0 Å². The van der Waals surface area contributed by atoms with E-state index in [0.717, 1.165) is 27.7 Å². The molecule has 0 spiro atoms. The molecule has 0 atom stereocenters. The number of hydrogen-bond acceptors (Lipinski definition) is 0. The number of halogens is 12. The van der Waals surface area contributed by atoms with Gasteiger partial charge in [-0.25, -0.2) is 35.1 Å². The fraction of sp³-hybridized carbons (Fsp3) is 0.182. The molecule has 0 amide bonds. The maximum atomic E-state index is 12.7. The second-order valence-corrected chi connectivity index (χ2v) is 11.8. The molecular weight excluding hydrogens is 934 g/mol. The van der Waals surface area contributed by atoms with Crippen molar-refractivity contribution in [2.45, 2.75) is 55.4 Å². The third-order valence-corrected chi connectivity index (χ3v) is 7.22. The van der Waals surface area contributed by atoms with Crippen LogP contribution in [0.4, 0.5) is 52.7 Å². The van der Waals surface area contributed by atoms with Crippen molar-refractivity contribution in [3.05, 3.63) is 211 Å². The maximum Gasteiger partial charge on any atom is 0.165 e. The van der Waals surface area contributed by atoms with Gasteiger partial charge < -0.3 is 0 Å². The summed E-state index contributed by atoms with van der Waals surface area (Å²) < 4.78 is 149. The molecule has 6 aromatic rings. The number of hydrogen-bond donors (Lipinski definition) is 0. The van der Waals surface area contributed by atoms with Gasteiger partial charge in [-0.15, -0.1) is 12.1 Å². The van der Waals surface area contributed by atoms with E-state index < -0.39 is 92.1 Å². The first kappa shape index (κ1) is 56.8. The normalized spacial score (nSPS) is 9.45. The van der Waals surface area contributed by atoms with E-state index in [1.54, 1.807) is 0 Å². The summed E-state index contributed by atoms with van der Waals surface area (Å²) in [5.41, 5.74) is 2.65. The largest absolute Gasteiger partial charge is 0.281 e. The second kappa shape index (κ2) is 28.2. The summed E-state index contributed by atoms with van der Waals surface area (Å²) in [7, 11) is 0. The Morgan fingerprint density at radius 1 is 0.276 bits per heavy atom. The van der Waals surface area contributed by atoms with Crippen molar-refractivity contribution in [2.75, 3.05) is 0 Å². The number of benzene rings is 6. The molecule has 0 saturated carbocycles. The van der Waals surface area contributed by atoms with E-state index >= 15 is 0 Å². The molecule has 0 aromatic heterocycles. The zero-order valence-electron chi connectivity index (χ0n) is 32.6. The Balaban J connectivity index is 0. The fourth-order valence-electron chi connectivity index (χ4n) is 3.69. The first-order valence-electron chi connectivity index (χ1n) is 16.2. The molecule has 6 rings (SSSR count). The van der Waals surface area contributed by atoms with Gasteiger partial charge in [-0.1, -0.05) is 74.2 Å². The fourth-order valence-corrected chi connectivity index (χ4v) is 3.69. The van der Waals surface area contributed by atoms with E-state index in [0.29, 0.717) is 0 Å². The van der Waals surface area contributed by atoms with Gasteiger partial charge in [-0.3, -0.25) is 17.6 Å². The standard InChI is InChI=1S/C8H6F4.C8H10.2C7H3F4.2C7H7.2Y/c1-3-5(9)7(11)4(2)8(12)6(3)10;1-7-3-5-8(2)6-4-7;2*1-3-6(10)4(8)2-5(9)7(3)11;2*1-7-5-3-2-4-6-7;;/h1-2H3;3-6H,1-2H3;2*1H3;2*3-6H,1H3;;/q;;4*-1;;. The second-order valence-electron chi connectivity index (χ2n) is 11.8. The Kier molecular flexibility index (Phi) is 27.6. The summed E-state index contributed by atoms with van der Waals surface area (Å²) in [5.74, 6) is -16.9. The molecule has 14 heteroatoms. The Hall–Kier alpha value is -3.31. The van der Waals surface area contributed by atoms with Crippen LogP contribution < -0.4 is 0 Å². The third-order valence-electron chi connectivity index (χ3n) is 7.22. The minimum atomic E-state index is -1.50. The number of aryl methyl sites for hydroxylation is 4. The Morgan fingerprint density at radius 2 is 0.448 bits per heavy atom. The molecule has 0 fully saturated rings. The van der Waals surface area contributed by atoms with Crippen LogP contribution in [0.15, 0.2) is 72.8 Å². The van der Waals surface area contributed by atoms with Crippen LogP contribution in [-0.2, 0) is 65.4 Å². The summed E-state index contributed by atoms with van der Waals surface area (Å²) >= 11 is 0. The van der Waals surface area contributed by atoms with Gasteiger partial charge in [-0.05, 0) is 27.7 Å². The van der Waals surface area contributed by atoms with E-state index in [-0.39, 0.29) is 65.4 Å². The van der Waals surface area contributed by atoms with Gasteiger partial charge in [0.15, 0.2) is 23.3 Å². The van der Waals surface area contributed by atoms with Gasteiger partial charge in [-0.2, -0.15) is 71.8 Å². The van der Waals surface area contributed by atoms with Crippen LogP contribution in [0.2, 0.25) is 0 Å². The SMILES string of the molecule is Cc1c(F)c(F)[c-]c(F)c1F.Cc1c(F)c(F)[c-]c(F)c1F.Cc1c(F)c(F)c(C)c(F)c1F.Cc1cc[c-]cc1.Cc1cc[c-]cc1.Cc1ccc(C)cc1.[Y].[Y]. The summed E-state index contributed by atoms with van der Waals surface area (Å²) in [6, 6.07) is 32.6. The monoisotopic (exact) mass is 970 g/mol.